The van der Waals surface area contributed by atoms with Crippen LogP contribution in [0.5, 0.6) is 0 Å². The van der Waals surface area contributed by atoms with Gasteiger partial charge < -0.3 is 26.0 Å². The molecule has 10 heteroatoms. The standard InChI is InChI=1S/Ag.ClH.NO3.H3NO.Na.H2O/c;;2-1(3)4;1-2;;/h;1H;;2H,1H2;;1H2/q+1;;-1;;+1;/p-1. The Morgan fingerprint density at radius 1 is 1.30 bits per heavy atom. The Hall–Kier alpha value is 1.11. The molecule has 4 N–H and O–H groups in total. The van der Waals surface area contributed by atoms with Crippen LogP contribution in [-0.2, 0) is 22.4 Å². The van der Waals surface area contributed by atoms with Gasteiger partial charge in [0.2, 0.25) is 0 Å². The summed E-state index contributed by atoms with van der Waals surface area (Å²) in [6.07, 6.45) is 0. The monoisotopic (exact) mass is 278 g/mol. The summed E-state index contributed by atoms with van der Waals surface area (Å²) in [5.74, 6) is 3.50. The SMILES string of the molecule is Cl.NO.O=[N+]([O-])[O-].[Ag+].[Na+].[OH-]. The molecule has 0 aromatic rings. The largest absolute Gasteiger partial charge is 1.00 e. The molecule has 0 aliphatic heterocycles. The Bertz CT molecular complexity index is 42.6. The summed E-state index contributed by atoms with van der Waals surface area (Å²) in [5.41, 5.74) is 0. The molecule has 0 bridgehead atoms. The molecule has 0 saturated heterocycles. The van der Waals surface area contributed by atoms with Gasteiger partial charge >= 0.3 is 51.9 Å². The predicted molar refractivity (Wildman–Crippen MR) is 25.5 cm³/mol. The maximum absolute atomic E-state index is 8.25. The second-order valence-corrected chi connectivity index (χ2v) is 0.224. The van der Waals surface area contributed by atoms with Gasteiger partial charge in [-0.05, 0) is 0 Å². The number of nitrogens with two attached hydrogens (primary N) is 1. The van der Waals surface area contributed by atoms with Crippen molar-refractivity contribution in [3.05, 3.63) is 15.3 Å². The van der Waals surface area contributed by atoms with Crippen LogP contribution in [0.25, 0.3) is 0 Å². The molecule has 0 spiro atoms. The third-order valence-electron chi connectivity index (χ3n) is 0. The fraction of sp³-hybridized carbons (Fsp3) is 0. The summed E-state index contributed by atoms with van der Waals surface area (Å²) in [6, 6.07) is 0. The van der Waals surface area contributed by atoms with E-state index in [0.717, 1.165) is 0 Å². The fourth-order valence-corrected chi connectivity index (χ4v) is 0. The van der Waals surface area contributed by atoms with Gasteiger partial charge in [-0.1, -0.05) is 0 Å². The molecule has 0 aromatic heterocycles. The van der Waals surface area contributed by atoms with E-state index in [1.165, 1.54) is 0 Å². The quantitative estimate of drug-likeness (QED) is 0.266. The molecule has 0 aromatic carbocycles. The van der Waals surface area contributed by atoms with Crippen molar-refractivity contribution in [1.29, 1.82) is 0 Å². The zero-order valence-electron chi connectivity index (χ0n) is 4.85. The van der Waals surface area contributed by atoms with Crippen LogP contribution in [-0.4, -0.2) is 15.8 Å². The molecule has 64 valence electrons. The first-order valence-corrected chi connectivity index (χ1v) is 0.806. The molecular weight excluding hydrogens is 274 g/mol. The Balaban J connectivity index is -0.00000000625. The van der Waals surface area contributed by atoms with Crippen LogP contribution in [0.2, 0.25) is 0 Å². The van der Waals surface area contributed by atoms with Crippen molar-refractivity contribution in [2.45, 2.75) is 0 Å². The molecular formula is H5AgClN2NaO5. The van der Waals surface area contributed by atoms with Crippen molar-refractivity contribution < 1.29 is 67.7 Å². The van der Waals surface area contributed by atoms with Crippen molar-refractivity contribution in [3.8, 4) is 0 Å². The molecule has 0 aliphatic carbocycles. The molecule has 0 heterocycles. The van der Waals surface area contributed by atoms with Crippen LogP contribution >= 0.6 is 12.4 Å². The molecule has 0 rings (SSSR count). The summed E-state index contributed by atoms with van der Waals surface area (Å²) < 4.78 is 0. The Kier molecular flexibility index (Phi) is 216. The molecule has 0 aliphatic rings. The van der Waals surface area contributed by atoms with Crippen molar-refractivity contribution in [2.75, 3.05) is 0 Å². The molecule has 0 unspecified atom stereocenters. The van der Waals surface area contributed by atoms with Gasteiger partial charge in [-0.3, -0.25) is 0 Å². The van der Waals surface area contributed by atoms with E-state index < -0.39 is 5.09 Å². The molecule has 0 atom stereocenters. The van der Waals surface area contributed by atoms with Crippen LogP contribution in [0.4, 0.5) is 0 Å². The molecule has 7 nitrogen and oxygen atoms in total. The molecule has 0 fully saturated rings. The first-order valence-electron chi connectivity index (χ1n) is 0.806. The fourth-order valence-electron chi connectivity index (χ4n) is 0. The third-order valence-corrected chi connectivity index (χ3v) is 0. The number of hydrogen-bond donors (Lipinski definition) is 2. The minimum Gasteiger partial charge on any atom is -0.870 e. The van der Waals surface area contributed by atoms with Gasteiger partial charge in [0.1, 0.15) is 0 Å². The zero-order valence-corrected chi connectivity index (χ0v) is 9.15. The van der Waals surface area contributed by atoms with Crippen molar-refractivity contribution in [2.24, 2.45) is 5.90 Å². The van der Waals surface area contributed by atoms with Crippen molar-refractivity contribution >= 4 is 12.4 Å². The topological polar surface area (TPSA) is 142 Å². The predicted octanol–water partition coefficient (Wildman–Crippen LogP) is -3.66. The normalized spacial score (nSPS) is 3.00. The zero-order chi connectivity index (χ0) is 5.58. The van der Waals surface area contributed by atoms with Crippen LogP contribution in [0.3, 0.4) is 0 Å². The average molecular weight is 279 g/mol. The number of nitrogens with zero attached hydrogens (tertiary/aromatic N) is 1. The number of hydrogen-bond acceptors (Lipinski definition) is 6. The van der Waals surface area contributed by atoms with Crippen molar-refractivity contribution in [1.82, 2.24) is 0 Å². The first kappa shape index (κ1) is 43.5. The van der Waals surface area contributed by atoms with Gasteiger partial charge in [-0.25, -0.2) is 5.90 Å². The third kappa shape index (κ3) is 486. The number of halogens is 1. The van der Waals surface area contributed by atoms with Crippen LogP contribution < -0.4 is 35.5 Å². The Morgan fingerprint density at radius 3 is 1.30 bits per heavy atom. The molecule has 0 amide bonds. The van der Waals surface area contributed by atoms with E-state index in [-0.39, 0.29) is 69.8 Å². The summed E-state index contributed by atoms with van der Waals surface area (Å²) >= 11 is 0. The van der Waals surface area contributed by atoms with Crippen LogP contribution in [0.1, 0.15) is 0 Å². The Morgan fingerprint density at radius 2 is 1.30 bits per heavy atom. The summed E-state index contributed by atoms with van der Waals surface area (Å²) in [5, 5.41) is 21.2. The summed E-state index contributed by atoms with van der Waals surface area (Å²) in [4.78, 5) is 8.25. The summed E-state index contributed by atoms with van der Waals surface area (Å²) in [7, 11) is 0. The first-order chi connectivity index (χ1) is 2.73. The second-order valence-electron chi connectivity index (χ2n) is 0.224. The van der Waals surface area contributed by atoms with E-state index in [0.29, 0.717) is 0 Å². The number of rotatable bonds is 0. The van der Waals surface area contributed by atoms with E-state index in [2.05, 4.69) is 5.90 Å². The average Bonchev–Trinajstić information content (AvgIpc) is 1.41. The maximum Gasteiger partial charge on any atom is 1.00 e. The van der Waals surface area contributed by atoms with Gasteiger partial charge in [0.15, 0.2) is 0 Å². The van der Waals surface area contributed by atoms with E-state index in [1.54, 1.807) is 0 Å². The van der Waals surface area contributed by atoms with Gasteiger partial charge in [-0.15, -0.1) is 12.4 Å². The smallest absolute Gasteiger partial charge is 0.870 e. The molecule has 0 radical (unpaired) electrons. The maximum atomic E-state index is 8.25. The van der Waals surface area contributed by atoms with Gasteiger partial charge in [0.25, 0.3) is 0 Å². The van der Waals surface area contributed by atoms with Crippen molar-refractivity contribution in [3.63, 3.8) is 0 Å². The molecule has 10 heavy (non-hydrogen) atoms. The minimum absolute atomic E-state index is 0. The van der Waals surface area contributed by atoms with Gasteiger partial charge in [0, 0.05) is 0 Å². The summed E-state index contributed by atoms with van der Waals surface area (Å²) in [6.45, 7) is 0. The Labute approximate surface area is 101 Å². The molecule has 0 saturated carbocycles. The van der Waals surface area contributed by atoms with Crippen LogP contribution in [0, 0.1) is 15.3 Å². The van der Waals surface area contributed by atoms with Gasteiger partial charge in [0.05, 0.1) is 5.09 Å². The minimum atomic E-state index is -1.75. The van der Waals surface area contributed by atoms with Gasteiger partial charge in [-0.2, -0.15) is 0 Å². The second kappa shape index (κ2) is 49.7. The van der Waals surface area contributed by atoms with E-state index in [9.17, 15) is 0 Å². The van der Waals surface area contributed by atoms with E-state index in [4.69, 9.17) is 20.5 Å². The van der Waals surface area contributed by atoms with E-state index in [1.807, 2.05) is 0 Å². The van der Waals surface area contributed by atoms with Crippen LogP contribution in [0.15, 0.2) is 0 Å². The van der Waals surface area contributed by atoms with E-state index >= 15 is 0 Å².